The van der Waals surface area contributed by atoms with Gasteiger partial charge in [-0.3, -0.25) is 0 Å². The molecular formula is C23H28O4. The van der Waals surface area contributed by atoms with Gasteiger partial charge in [-0.25, -0.2) is 0 Å². The summed E-state index contributed by atoms with van der Waals surface area (Å²) in [5.41, 5.74) is 5.54. The molecule has 1 N–H and O–H groups in total. The maximum Gasteiger partial charge on any atom is 0.117 e. The second-order valence-corrected chi connectivity index (χ2v) is 7.57. The Labute approximate surface area is 161 Å². The SMILES string of the molecule is CC[C@H]1O[C@@H]2c3cccc(C(C)O)c3CO[C@@H]2[C@H]1OCc1ccccc1C. The lowest BCUT2D eigenvalue weighted by Gasteiger charge is -2.31. The van der Waals surface area contributed by atoms with Gasteiger partial charge in [-0.2, -0.15) is 0 Å². The van der Waals surface area contributed by atoms with Crippen molar-refractivity contribution in [3.05, 3.63) is 70.3 Å². The highest BCUT2D eigenvalue weighted by atomic mass is 16.6. The van der Waals surface area contributed by atoms with Crippen LogP contribution in [0, 0.1) is 6.92 Å². The summed E-state index contributed by atoms with van der Waals surface area (Å²) in [5.74, 6) is 0. The van der Waals surface area contributed by atoms with Gasteiger partial charge in [0, 0.05) is 0 Å². The minimum Gasteiger partial charge on any atom is -0.389 e. The van der Waals surface area contributed by atoms with Crippen LogP contribution in [0.1, 0.15) is 60.3 Å². The molecule has 1 saturated heterocycles. The normalized spacial score (nSPS) is 27.9. The fraction of sp³-hybridized carbons (Fsp3) is 0.478. The van der Waals surface area contributed by atoms with Gasteiger partial charge in [0.15, 0.2) is 0 Å². The van der Waals surface area contributed by atoms with E-state index in [1.165, 1.54) is 11.1 Å². The van der Waals surface area contributed by atoms with Crippen molar-refractivity contribution in [2.24, 2.45) is 0 Å². The van der Waals surface area contributed by atoms with Crippen LogP contribution in [0.25, 0.3) is 0 Å². The number of aryl methyl sites for hydroxylation is 1. The van der Waals surface area contributed by atoms with Crippen molar-refractivity contribution < 1.29 is 19.3 Å². The Morgan fingerprint density at radius 1 is 1.19 bits per heavy atom. The molecule has 2 aromatic rings. The third-order valence-corrected chi connectivity index (χ3v) is 5.83. The highest BCUT2D eigenvalue weighted by molar-refractivity contribution is 5.40. The third kappa shape index (κ3) is 3.43. The highest BCUT2D eigenvalue weighted by Gasteiger charge is 2.48. The minimum atomic E-state index is -0.517. The van der Waals surface area contributed by atoms with Gasteiger partial charge in [-0.15, -0.1) is 0 Å². The van der Waals surface area contributed by atoms with Crippen molar-refractivity contribution in [1.82, 2.24) is 0 Å². The number of hydrogen-bond acceptors (Lipinski definition) is 4. The standard InChI is InChI=1S/C23H28O4/c1-4-20-22(25-12-16-9-6-5-8-14(16)2)23-21(27-20)18-11-7-10-17(15(3)24)19(18)13-26-23/h5-11,15,20-24H,4,12-13H2,1-3H3/t15?,20-,21-,22+,23+/m1/s1. The molecule has 27 heavy (non-hydrogen) atoms. The number of benzene rings is 2. The van der Waals surface area contributed by atoms with E-state index in [2.05, 4.69) is 32.0 Å². The molecule has 5 atom stereocenters. The lowest BCUT2D eigenvalue weighted by atomic mass is 9.90. The first kappa shape index (κ1) is 18.6. The van der Waals surface area contributed by atoms with Crippen molar-refractivity contribution in [2.75, 3.05) is 0 Å². The van der Waals surface area contributed by atoms with E-state index in [9.17, 15) is 5.11 Å². The first-order valence-corrected chi connectivity index (χ1v) is 9.83. The number of fused-ring (bicyclic) bond motifs is 3. The van der Waals surface area contributed by atoms with E-state index < -0.39 is 6.10 Å². The molecule has 144 valence electrons. The summed E-state index contributed by atoms with van der Waals surface area (Å²) < 4.78 is 18.9. The monoisotopic (exact) mass is 368 g/mol. The first-order chi connectivity index (χ1) is 13.1. The largest absolute Gasteiger partial charge is 0.389 e. The van der Waals surface area contributed by atoms with Crippen molar-refractivity contribution in [3.63, 3.8) is 0 Å². The van der Waals surface area contributed by atoms with Crippen LogP contribution in [0.3, 0.4) is 0 Å². The lowest BCUT2D eigenvalue weighted by molar-refractivity contribution is -0.0867. The van der Waals surface area contributed by atoms with E-state index in [0.717, 1.165) is 23.1 Å². The summed E-state index contributed by atoms with van der Waals surface area (Å²) in [4.78, 5) is 0. The van der Waals surface area contributed by atoms with E-state index in [1.807, 2.05) is 24.3 Å². The smallest absolute Gasteiger partial charge is 0.117 e. The molecule has 2 aliphatic rings. The molecule has 2 aromatic carbocycles. The molecule has 0 amide bonds. The summed E-state index contributed by atoms with van der Waals surface area (Å²) >= 11 is 0. The topological polar surface area (TPSA) is 47.9 Å². The molecule has 1 unspecified atom stereocenters. The maximum absolute atomic E-state index is 10.1. The van der Waals surface area contributed by atoms with Gasteiger partial charge >= 0.3 is 0 Å². The molecule has 0 radical (unpaired) electrons. The van der Waals surface area contributed by atoms with Gasteiger partial charge in [0.2, 0.25) is 0 Å². The molecule has 4 rings (SSSR count). The van der Waals surface area contributed by atoms with E-state index >= 15 is 0 Å². The summed E-state index contributed by atoms with van der Waals surface area (Å²) in [6.07, 6.45) is 0.0138. The molecule has 0 aliphatic carbocycles. The maximum atomic E-state index is 10.1. The molecule has 0 saturated carbocycles. The molecule has 0 spiro atoms. The molecule has 4 heteroatoms. The van der Waals surface area contributed by atoms with E-state index in [4.69, 9.17) is 14.2 Å². The average Bonchev–Trinajstić information content (AvgIpc) is 3.05. The first-order valence-electron chi connectivity index (χ1n) is 9.83. The number of ether oxygens (including phenoxy) is 3. The van der Waals surface area contributed by atoms with Crippen LogP contribution >= 0.6 is 0 Å². The van der Waals surface area contributed by atoms with Gasteiger partial charge in [0.25, 0.3) is 0 Å². The zero-order valence-electron chi connectivity index (χ0n) is 16.2. The summed E-state index contributed by atoms with van der Waals surface area (Å²) in [6.45, 7) is 7.07. The third-order valence-electron chi connectivity index (χ3n) is 5.83. The number of rotatable bonds is 5. The molecular weight excluding hydrogens is 340 g/mol. The van der Waals surface area contributed by atoms with Crippen LogP contribution in [-0.2, 0) is 27.4 Å². The quantitative estimate of drug-likeness (QED) is 0.851. The average molecular weight is 368 g/mol. The second-order valence-electron chi connectivity index (χ2n) is 7.57. The lowest BCUT2D eigenvalue weighted by Crippen LogP contribution is -2.37. The molecule has 0 bridgehead atoms. The molecule has 0 aromatic heterocycles. The van der Waals surface area contributed by atoms with Crippen molar-refractivity contribution in [1.29, 1.82) is 0 Å². The number of aliphatic hydroxyl groups is 1. The van der Waals surface area contributed by atoms with Crippen LogP contribution in [0.5, 0.6) is 0 Å². The van der Waals surface area contributed by atoms with E-state index in [1.54, 1.807) is 6.92 Å². The van der Waals surface area contributed by atoms with E-state index in [-0.39, 0.29) is 24.4 Å². The van der Waals surface area contributed by atoms with E-state index in [0.29, 0.717) is 13.2 Å². The van der Waals surface area contributed by atoms with Gasteiger partial charge in [0.1, 0.15) is 18.3 Å². The van der Waals surface area contributed by atoms with Gasteiger partial charge in [-0.05, 0) is 48.1 Å². The Morgan fingerprint density at radius 2 is 2.00 bits per heavy atom. The Morgan fingerprint density at radius 3 is 2.74 bits per heavy atom. The van der Waals surface area contributed by atoms with Crippen molar-refractivity contribution in [3.8, 4) is 0 Å². The van der Waals surface area contributed by atoms with Crippen LogP contribution < -0.4 is 0 Å². The highest BCUT2D eigenvalue weighted by Crippen LogP contribution is 2.44. The minimum absolute atomic E-state index is 0.00479. The Bertz CT molecular complexity index is 801. The fourth-order valence-corrected chi connectivity index (χ4v) is 4.28. The fourth-order valence-electron chi connectivity index (χ4n) is 4.28. The number of hydrogen-bond donors (Lipinski definition) is 1. The van der Waals surface area contributed by atoms with Crippen molar-refractivity contribution >= 4 is 0 Å². The van der Waals surface area contributed by atoms with Crippen molar-refractivity contribution in [2.45, 2.75) is 70.9 Å². The van der Waals surface area contributed by atoms with Gasteiger partial charge in [0.05, 0.1) is 25.4 Å². The predicted octanol–water partition coefficient (Wildman–Crippen LogP) is 4.38. The Hall–Kier alpha value is -1.72. The van der Waals surface area contributed by atoms with Crippen LogP contribution in [-0.4, -0.2) is 23.4 Å². The zero-order valence-corrected chi connectivity index (χ0v) is 16.2. The Kier molecular flexibility index (Phi) is 5.33. The van der Waals surface area contributed by atoms with Gasteiger partial charge < -0.3 is 19.3 Å². The predicted molar refractivity (Wildman–Crippen MR) is 103 cm³/mol. The molecule has 1 fully saturated rings. The van der Waals surface area contributed by atoms with Crippen LogP contribution in [0.4, 0.5) is 0 Å². The Balaban J connectivity index is 1.57. The number of aliphatic hydroxyl groups excluding tert-OH is 1. The van der Waals surface area contributed by atoms with Gasteiger partial charge in [-0.1, -0.05) is 49.4 Å². The zero-order chi connectivity index (χ0) is 19.0. The molecule has 2 heterocycles. The summed E-state index contributed by atoms with van der Waals surface area (Å²) in [7, 11) is 0. The molecule has 2 aliphatic heterocycles. The summed E-state index contributed by atoms with van der Waals surface area (Å²) in [6, 6.07) is 14.4. The summed E-state index contributed by atoms with van der Waals surface area (Å²) in [5, 5.41) is 10.1. The van der Waals surface area contributed by atoms with Crippen LogP contribution in [0.15, 0.2) is 42.5 Å². The van der Waals surface area contributed by atoms with Crippen LogP contribution in [0.2, 0.25) is 0 Å². The second kappa shape index (κ2) is 7.72. The molecule has 4 nitrogen and oxygen atoms in total.